The van der Waals surface area contributed by atoms with Crippen molar-refractivity contribution in [1.82, 2.24) is 61.1 Å². The van der Waals surface area contributed by atoms with Crippen LogP contribution in [0.1, 0.15) is 192 Å². The minimum absolute atomic E-state index is 0.0148. The number of fused-ring (bicyclic) bond motifs is 4. The number of hydrogen-bond donors (Lipinski definition) is 8. The first kappa shape index (κ1) is 99.5. The number of rotatable bonds is 23. The van der Waals surface area contributed by atoms with Crippen molar-refractivity contribution in [3.05, 3.63) is 120 Å². The number of anilines is 16. The van der Waals surface area contributed by atoms with Crippen LogP contribution in [-0.4, -0.2) is 259 Å². The summed E-state index contributed by atoms with van der Waals surface area (Å²) in [7, 11) is 15.0. The van der Waals surface area contributed by atoms with E-state index in [0.29, 0.717) is 193 Å². The van der Waals surface area contributed by atoms with E-state index in [1.807, 2.05) is 40.7 Å². The highest BCUT2D eigenvalue weighted by atomic mass is 16.5. The molecule has 140 heavy (non-hydrogen) atoms. The number of methoxy groups -OCH3 is 4. The number of carbonyl (C=O) groups is 8. The van der Waals surface area contributed by atoms with Gasteiger partial charge in [-0.3, -0.25) is 38.4 Å². The molecule has 0 bridgehead atoms. The third-order valence-electron chi connectivity index (χ3n) is 28.1. The molecule has 0 spiro atoms. The zero-order chi connectivity index (χ0) is 98.7. The molecule has 8 N–H and O–H groups in total. The SMILES string of the molecule is CNC(=O)c1ccc(Nc2ncc3c(n2)N([C@@H]2CCOC2)CC(C)(C)C(=O)N3C)c(OC)c1.COc1cc(C(=O)NC2CC2)ccc1Nc1ncc2c(n1)N(C1CCCC1)C[C@@H](C)C(=O)N2C.COc1cc(C(=O)NC2CCOCC2)ccc1Nc1ncc2c(n1)N(C1CCCC1)C[C@@H](C)C(=O)N2C.COc1cc(C(=O)N[C@H]2CCOC2)ccc1Nc1ncc2c(n1)N(C1CCCC1)C[C@@H](C)C(=O)N2C. The van der Waals surface area contributed by atoms with Gasteiger partial charge in [-0.05, 0) is 164 Å². The minimum Gasteiger partial charge on any atom is -0.495 e. The lowest BCUT2D eigenvalue weighted by atomic mass is 9.91. The lowest BCUT2D eigenvalue weighted by Gasteiger charge is -2.33. The van der Waals surface area contributed by atoms with Crippen LogP contribution in [0, 0.1) is 23.2 Å². The first-order valence-corrected chi connectivity index (χ1v) is 48.9. The maximum absolute atomic E-state index is 13.1. The van der Waals surface area contributed by atoms with Crippen LogP contribution in [0.3, 0.4) is 0 Å². The van der Waals surface area contributed by atoms with Gasteiger partial charge in [-0.2, -0.15) is 19.9 Å². The summed E-state index contributed by atoms with van der Waals surface area (Å²) in [5.74, 6) is 5.94. The van der Waals surface area contributed by atoms with Crippen molar-refractivity contribution in [3.8, 4) is 23.0 Å². The molecule has 746 valence electrons. The monoisotopic (exact) mass is 1920 g/mol. The maximum atomic E-state index is 13.1. The van der Waals surface area contributed by atoms with Gasteiger partial charge in [0.25, 0.3) is 23.6 Å². The summed E-state index contributed by atoms with van der Waals surface area (Å²) in [5.41, 5.74) is 6.91. The van der Waals surface area contributed by atoms with Gasteiger partial charge in [0.1, 0.15) is 45.7 Å². The number of hydrogen-bond acceptors (Lipinski definition) is 31. The Hall–Kier alpha value is -13.6. The van der Waals surface area contributed by atoms with E-state index in [9.17, 15) is 38.4 Å². The quantitative estimate of drug-likeness (QED) is 0.0295. The van der Waals surface area contributed by atoms with Gasteiger partial charge in [-0.15, -0.1) is 0 Å². The number of nitrogens with zero attached hydrogens (tertiary/aromatic N) is 16. The van der Waals surface area contributed by atoms with Crippen molar-refractivity contribution in [2.75, 3.05) is 190 Å². The van der Waals surface area contributed by atoms with E-state index in [1.54, 1.807) is 168 Å². The summed E-state index contributed by atoms with van der Waals surface area (Å²) in [5, 5.41) is 24.6. The van der Waals surface area contributed by atoms with E-state index in [1.165, 1.54) is 45.6 Å². The van der Waals surface area contributed by atoms with Crippen molar-refractivity contribution in [2.24, 2.45) is 23.2 Å². The Morgan fingerprint density at radius 1 is 0.364 bits per heavy atom. The first-order chi connectivity index (χ1) is 67.6. The van der Waals surface area contributed by atoms with Crippen molar-refractivity contribution < 1.29 is 71.5 Å². The van der Waals surface area contributed by atoms with E-state index < -0.39 is 5.41 Å². The van der Waals surface area contributed by atoms with Gasteiger partial charge in [0.2, 0.25) is 47.4 Å². The van der Waals surface area contributed by atoms with Crippen LogP contribution in [-0.2, 0) is 33.4 Å². The topological polar surface area (TPSA) is 426 Å². The Balaban J connectivity index is 0.000000135. The van der Waals surface area contributed by atoms with Gasteiger partial charge in [-0.1, -0.05) is 59.3 Å². The molecular weight excluding hydrogens is 1790 g/mol. The molecular formula is C101H132N24O15. The van der Waals surface area contributed by atoms with E-state index in [2.05, 4.69) is 82.1 Å². The highest BCUT2D eigenvalue weighted by molar-refractivity contribution is 6.04. The van der Waals surface area contributed by atoms with Gasteiger partial charge in [0.15, 0.2) is 23.3 Å². The molecule has 11 aliphatic rings. The van der Waals surface area contributed by atoms with Crippen LogP contribution >= 0.6 is 0 Å². The molecule has 3 saturated heterocycles. The Labute approximate surface area is 816 Å². The molecule has 11 heterocycles. The summed E-state index contributed by atoms with van der Waals surface area (Å²) >= 11 is 0. The fourth-order valence-corrected chi connectivity index (χ4v) is 19.9. The molecule has 19 rings (SSSR count). The smallest absolute Gasteiger partial charge is 0.251 e. The third-order valence-corrected chi connectivity index (χ3v) is 28.1. The second-order valence-electron chi connectivity index (χ2n) is 38.6. The number of aromatic nitrogens is 8. The number of ether oxygens (including phenoxy) is 7. The zero-order valence-electron chi connectivity index (χ0n) is 82.6. The summed E-state index contributed by atoms with van der Waals surface area (Å²) in [6.07, 6.45) is 26.0. The molecule has 4 aromatic carbocycles. The van der Waals surface area contributed by atoms with Crippen LogP contribution in [0.15, 0.2) is 97.6 Å². The Kier molecular flexibility index (Phi) is 31.5. The summed E-state index contributed by atoms with van der Waals surface area (Å²) in [6, 6.07) is 22.6. The third kappa shape index (κ3) is 22.6. The Morgan fingerprint density at radius 2 is 0.664 bits per heavy atom. The molecule has 5 atom stereocenters. The van der Waals surface area contributed by atoms with Crippen LogP contribution in [0.4, 0.5) is 92.6 Å². The van der Waals surface area contributed by atoms with Crippen LogP contribution in [0.5, 0.6) is 23.0 Å². The fourth-order valence-electron chi connectivity index (χ4n) is 19.9. The van der Waals surface area contributed by atoms with Crippen LogP contribution < -0.4 is 101 Å². The molecule has 8 amide bonds. The zero-order valence-corrected chi connectivity index (χ0v) is 82.6. The fraction of sp³-hybridized carbons (Fsp3) is 0.525. The van der Waals surface area contributed by atoms with Crippen molar-refractivity contribution >= 4 is 140 Å². The first-order valence-electron chi connectivity index (χ1n) is 48.9. The van der Waals surface area contributed by atoms with Crippen molar-refractivity contribution in [1.29, 1.82) is 0 Å². The van der Waals surface area contributed by atoms with Gasteiger partial charge in [-0.25, -0.2) is 19.9 Å². The molecule has 7 aliphatic heterocycles. The van der Waals surface area contributed by atoms with Crippen molar-refractivity contribution in [3.63, 3.8) is 0 Å². The molecule has 4 aromatic heterocycles. The summed E-state index contributed by atoms with van der Waals surface area (Å²) in [6.45, 7) is 16.1. The number of carbonyl (C=O) groups excluding carboxylic acids is 8. The molecule has 4 saturated carbocycles. The highest BCUT2D eigenvalue weighted by Crippen LogP contribution is 2.45. The van der Waals surface area contributed by atoms with E-state index in [4.69, 9.17) is 53.1 Å². The lowest BCUT2D eigenvalue weighted by molar-refractivity contribution is -0.126. The van der Waals surface area contributed by atoms with Gasteiger partial charge in [0.05, 0.1) is 124 Å². The molecule has 4 aliphatic carbocycles. The largest absolute Gasteiger partial charge is 0.495 e. The molecule has 8 aromatic rings. The number of amides is 8. The predicted octanol–water partition coefficient (Wildman–Crippen LogP) is 12.3. The minimum atomic E-state index is -0.593. The molecule has 0 unspecified atom stereocenters. The van der Waals surface area contributed by atoms with Gasteiger partial charge < -0.3 is 115 Å². The lowest BCUT2D eigenvalue weighted by Crippen LogP contribution is -2.46. The van der Waals surface area contributed by atoms with Crippen LogP contribution in [0.25, 0.3) is 0 Å². The number of benzene rings is 4. The maximum Gasteiger partial charge on any atom is 0.251 e. The van der Waals surface area contributed by atoms with Gasteiger partial charge in [0, 0.05) is 140 Å². The Morgan fingerprint density at radius 3 is 0.979 bits per heavy atom. The van der Waals surface area contributed by atoms with Crippen molar-refractivity contribution in [2.45, 2.75) is 192 Å². The average molecular weight is 1920 g/mol. The molecule has 39 nitrogen and oxygen atoms in total. The molecule has 0 radical (unpaired) electrons. The number of nitrogens with one attached hydrogen (secondary N) is 8. The Bertz CT molecular complexity index is 5830. The average Bonchev–Trinajstić information content (AvgIpc) is 1.62. The highest BCUT2D eigenvalue weighted by Gasteiger charge is 2.44. The van der Waals surface area contributed by atoms with E-state index in [-0.39, 0.29) is 83.1 Å². The molecule has 7 fully saturated rings. The predicted molar refractivity (Wildman–Crippen MR) is 535 cm³/mol. The second-order valence-corrected chi connectivity index (χ2v) is 38.6. The second kappa shape index (κ2) is 44.3. The van der Waals surface area contributed by atoms with Crippen LogP contribution in [0.2, 0.25) is 0 Å². The van der Waals surface area contributed by atoms with E-state index in [0.717, 1.165) is 112 Å². The standard InChI is InChI=1S/C27H36N6O4.C26H34N6O4.C25H32N6O3.C23H30N6O4/c1-17-16-33(20-6-4-5-7-20)24-22(32(2)26(17)35)15-28-27(31-24)30-21-9-8-18(14-23(21)36-3)25(34)29-19-10-12-37-13-11-19;1-16-14-32(19-6-4-5-7-19)23-21(31(2)25(16)34)13-27-26(30-23)29-20-9-8-17(12-22(20)35-3)24(33)28-18-10-11-36-15-18;1-15-14-31(18-6-4-5-7-18)22-20(30(2)24(15)33)13-26-25(29-22)28-19-11-8-16(12-21(19)34-3)23(32)27-17-9-10-17;1-23(2)13-29(15-8-9-33-12-15)19-17(28(4)21(23)31)11-25-22(27-19)26-16-7-6-14(20(30)24-3)10-18(16)32-5/h8-9,14-15,17,19-20H,4-7,10-13,16H2,1-3H3,(H,29,34)(H,28,30,31);8-9,12-13,16,18-19H,4-7,10-11,14-15H2,1-3H3,(H,28,33)(H,27,29,30);8,11-13,15,17-18H,4-7,9-10,14H2,1-3H3,(H,27,32)(H,26,28,29);6-7,10-11,15H,8-9,12-13H2,1-5H3,(H,24,30)(H,25,26,27)/t17-;16-,18+;2*15-/m1111/s1. The summed E-state index contributed by atoms with van der Waals surface area (Å²) in [4.78, 5) is 155. The van der Waals surface area contributed by atoms with E-state index >= 15 is 0 Å². The molecule has 39 heteroatoms. The summed E-state index contributed by atoms with van der Waals surface area (Å²) < 4.78 is 38.5. The normalized spacial score (nSPS) is 20.9. The van der Waals surface area contributed by atoms with Gasteiger partial charge >= 0.3 is 0 Å².